The van der Waals surface area contributed by atoms with Gasteiger partial charge in [0.2, 0.25) is 0 Å². The molecule has 7 heteroatoms. The average Bonchev–Trinajstić information content (AvgIpc) is 3.49. The number of fused-ring (bicyclic) bond motifs is 1. The highest BCUT2D eigenvalue weighted by Gasteiger charge is 2.29. The van der Waals surface area contributed by atoms with E-state index >= 15 is 0 Å². The summed E-state index contributed by atoms with van der Waals surface area (Å²) in [4.78, 5) is 22.8. The second-order valence-corrected chi connectivity index (χ2v) is 12.2. The van der Waals surface area contributed by atoms with Crippen LogP contribution in [-0.4, -0.2) is 70.1 Å². The van der Waals surface area contributed by atoms with E-state index in [4.69, 9.17) is 0 Å². The summed E-state index contributed by atoms with van der Waals surface area (Å²) in [5, 5.41) is 4.68. The zero-order valence-electron chi connectivity index (χ0n) is 24.2. The molecule has 2 aromatic heterocycles. The molecule has 0 spiro atoms. The quantitative estimate of drug-likeness (QED) is 0.410. The molecule has 0 radical (unpaired) electrons. The Morgan fingerprint density at radius 2 is 1.85 bits per heavy atom. The van der Waals surface area contributed by atoms with Crippen LogP contribution in [0.3, 0.4) is 0 Å². The number of hydrogen-bond donors (Lipinski definition) is 1. The summed E-state index contributed by atoms with van der Waals surface area (Å²) < 4.78 is 16.6. The summed E-state index contributed by atoms with van der Waals surface area (Å²) in [6.07, 6.45) is 10.7. The number of rotatable bonds is 8. The van der Waals surface area contributed by atoms with Crippen LogP contribution in [0.25, 0.3) is 16.6 Å². The van der Waals surface area contributed by atoms with E-state index in [0.717, 1.165) is 43.1 Å². The van der Waals surface area contributed by atoms with Crippen LogP contribution in [0.2, 0.25) is 0 Å². The van der Waals surface area contributed by atoms with E-state index in [1.807, 2.05) is 45.0 Å². The van der Waals surface area contributed by atoms with Gasteiger partial charge in [0, 0.05) is 43.0 Å². The lowest BCUT2D eigenvalue weighted by Crippen LogP contribution is -2.42. The Hall–Kier alpha value is -2.77. The van der Waals surface area contributed by atoms with Gasteiger partial charge >= 0.3 is 0 Å². The number of aryl methyl sites for hydroxylation is 1. The summed E-state index contributed by atoms with van der Waals surface area (Å²) in [5.41, 5.74) is 4.47. The van der Waals surface area contributed by atoms with Crippen LogP contribution in [0.15, 0.2) is 36.8 Å². The predicted octanol–water partition coefficient (Wildman–Crippen LogP) is 5.60. The van der Waals surface area contributed by atoms with E-state index < -0.39 is 5.82 Å². The van der Waals surface area contributed by atoms with Gasteiger partial charge in [-0.3, -0.25) is 9.78 Å². The van der Waals surface area contributed by atoms with Crippen molar-refractivity contribution in [2.45, 2.75) is 72.4 Å². The predicted molar refractivity (Wildman–Crippen MR) is 156 cm³/mol. The van der Waals surface area contributed by atoms with Crippen molar-refractivity contribution in [2.24, 2.45) is 11.8 Å². The maximum atomic E-state index is 14.5. The zero-order valence-corrected chi connectivity index (χ0v) is 24.2. The molecule has 2 aliphatic rings. The summed E-state index contributed by atoms with van der Waals surface area (Å²) in [6, 6.07) is 4.59. The molecule has 2 fully saturated rings. The molecule has 39 heavy (non-hydrogen) atoms. The Morgan fingerprint density at radius 1 is 1.10 bits per heavy atom. The van der Waals surface area contributed by atoms with Gasteiger partial charge in [0.05, 0.1) is 23.0 Å². The molecule has 1 N–H and O–H groups in total. The molecule has 0 saturated carbocycles. The summed E-state index contributed by atoms with van der Waals surface area (Å²) in [6.45, 7) is 15.9. The van der Waals surface area contributed by atoms with Gasteiger partial charge in [0.1, 0.15) is 5.82 Å². The minimum absolute atomic E-state index is 0.00433. The lowest BCUT2D eigenvalue weighted by molar-refractivity contribution is 0.0643. The molecule has 2 aliphatic heterocycles. The fourth-order valence-corrected chi connectivity index (χ4v) is 6.87. The Labute approximate surface area is 232 Å². The number of hydrogen-bond acceptors (Lipinski definition) is 4. The van der Waals surface area contributed by atoms with Crippen molar-refractivity contribution in [1.29, 1.82) is 0 Å². The van der Waals surface area contributed by atoms with Gasteiger partial charge in [0.25, 0.3) is 5.91 Å². The highest BCUT2D eigenvalue weighted by atomic mass is 19.1. The Morgan fingerprint density at radius 3 is 2.56 bits per heavy atom. The zero-order chi connectivity index (χ0) is 27.7. The number of nitrogens with zero attached hydrogens (tertiary/aromatic N) is 4. The lowest BCUT2D eigenvalue weighted by atomic mass is 9.96. The normalized spacial score (nSPS) is 19.0. The molecule has 0 aliphatic carbocycles. The van der Waals surface area contributed by atoms with E-state index in [-0.39, 0.29) is 18.0 Å². The number of halogens is 1. The van der Waals surface area contributed by atoms with E-state index in [1.54, 1.807) is 6.07 Å². The highest BCUT2D eigenvalue weighted by molar-refractivity contribution is 5.99. The van der Waals surface area contributed by atoms with E-state index in [0.29, 0.717) is 17.2 Å². The number of carbonyl (C=O) groups excluding carboxylic acids is 1. The fourth-order valence-electron chi connectivity index (χ4n) is 6.87. The number of carbonyl (C=O) groups is 1. The van der Waals surface area contributed by atoms with Crippen molar-refractivity contribution in [3.8, 4) is 5.69 Å². The standard InChI is InChI=1S/C32H44FN5O/c1-21(2)38(22(3)4)32(39)28-15-27(33)6-7-29(28)37-20-26(31-23(5)16-35-17-30(31)37)14-25-10-13-36(19-25)18-24-8-11-34-12-9-24/h6-7,15-17,20-22,24-25,34H,8-14,18-19H2,1-5H3/t25-/m0/s1. The van der Waals surface area contributed by atoms with Crippen LogP contribution in [0, 0.1) is 24.6 Å². The van der Waals surface area contributed by atoms with Crippen LogP contribution in [0.5, 0.6) is 0 Å². The number of nitrogens with one attached hydrogen (secondary N) is 1. The number of amides is 1. The average molecular weight is 534 g/mol. The second kappa shape index (κ2) is 11.8. The van der Waals surface area contributed by atoms with Gasteiger partial charge in [0.15, 0.2) is 0 Å². The number of benzene rings is 1. The van der Waals surface area contributed by atoms with Crippen LogP contribution < -0.4 is 5.32 Å². The Balaban J connectivity index is 1.47. The topological polar surface area (TPSA) is 53.4 Å². The third kappa shape index (κ3) is 5.90. The molecular formula is C32H44FN5O. The van der Waals surface area contributed by atoms with Gasteiger partial charge in [-0.25, -0.2) is 4.39 Å². The van der Waals surface area contributed by atoms with Gasteiger partial charge in [-0.1, -0.05) is 0 Å². The summed E-state index contributed by atoms with van der Waals surface area (Å²) in [7, 11) is 0. The third-order valence-corrected chi connectivity index (χ3v) is 8.63. The monoisotopic (exact) mass is 533 g/mol. The minimum Gasteiger partial charge on any atom is -0.334 e. The van der Waals surface area contributed by atoms with Crippen molar-refractivity contribution in [3.63, 3.8) is 0 Å². The molecule has 210 valence electrons. The summed E-state index contributed by atoms with van der Waals surface area (Å²) >= 11 is 0. The van der Waals surface area contributed by atoms with Crippen molar-refractivity contribution >= 4 is 16.8 Å². The van der Waals surface area contributed by atoms with Crippen LogP contribution in [0.4, 0.5) is 4.39 Å². The third-order valence-electron chi connectivity index (χ3n) is 8.63. The first kappa shape index (κ1) is 27.8. The van der Waals surface area contributed by atoms with Gasteiger partial charge in [-0.05, 0) is 121 Å². The largest absolute Gasteiger partial charge is 0.334 e. The van der Waals surface area contributed by atoms with Gasteiger partial charge < -0.3 is 19.7 Å². The van der Waals surface area contributed by atoms with Crippen LogP contribution in [0.1, 0.15) is 68.4 Å². The molecular weight excluding hydrogens is 489 g/mol. The minimum atomic E-state index is -0.402. The highest BCUT2D eigenvalue weighted by Crippen LogP contribution is 2.33. The molecule has 1 amide bonds. The van der Waals surface area contributed by atoms with Crippen LogP contribution >= 0.6 is 0 Å². The van der Waals surface area contributed by atoms with Gasteiger partial charge in [-0.2, -0.15) is 0 Å². The molecule has 5 rings (SSSR count). The first-order chi connectivity index (χ1) is 18.7. The molecule has 6 nitrogen and oxygen atoms in total. The number of pyridine rings is 1. The maximum absolute atomic E-state index is 14.5. The maximum Gasteiger partial charge on any atom is 0.256 e. The fraction of sp³-hybridized carbons (Fsp3) is 0.562. The summed E-state index contributed by atoms with van der Waals surface area (Å²) in [5.74, 6) is 0.860. The van der Waals surface area contributed by atoms with Crippen molar-refractivity contribution in [1.82, 2.24) is 24.7 Å². The number of likely N-dealkylation sites (tertiary alicyclic amines) is 1. The smallest absolute Gasteiger partial charge is 0.256 e. The molecule has 1 atom stereocenters. The SMILES string of the molecule is Cc1cncc2c1c(C[C@@H]1CCN(CC3CCNCC3)C1)cn2-c1ccc(F)cc1C(=O)N(C(C)C)C(C)C. The van der Waals surface area contributed by atoms with Crippen molar-refractivity contribution in [3.05, 3.63) is 59.3 Å². The Kier molecular flexibility index (Phi) is 8.38. The van der Waals surface area contributed by atoms with Crippen molar-refractivity contribution in [2.75, 3.05) is 32.7 Å². The molecule has 4 heterocycles. The number of aromatic nitrogens is 2. The first-order valence-corrected chi connectivity index (χ1v) is 14.7. The lowest BCUT2D eigenvalue weighted by Gasteiger charge is -2.31. The van der Waals surface area contributed by atoms with E-state index in [1.165, 1.54) is 55.4 Å². The molecule has 0 bridgehead atoms. The molecule has 2 saturated heterocycles. The van der Waals surface area contributed by atoms with Crippen molar-refractivity contribution < 1.29 is 9.18 Å². The van der Waals surface area contributed by atoms with E-state index in [2.05, 4.69) is 32.9 Å². The first-order valence-electron chi connectivity index (χ1n) is 14.7. The van der Waals surface area contributed by atoms with Gasteiger partial charge in [-0.15, -0.1) is 0 Å². The van der Waals surface area contributed by atoms with E-state index in [9.17, 15) is 9.18 Å². The Bertz CT molecular complexity index is 1300. The molecule has 0 unspecified atom stereocenters. The molecule has 3 aromatic rings. The molecule has 1 aromatic carbocycles. The van der Waals surface area contributed by atoms with Crippen LogP contribution in [-0.2, 0) is 6.42 Å². The number of piperidine rings is 1. The second-order valence-electron chi connectivity index (χ2n) is 12.2.